The first-order valence-electron chi connectivity index (χ1n) is 39.4. The van der Waals surface area contributed by atoms with Gasteiger partial charge in [0.1, 0.15) is 41.1 Å². The van der Waals surface area contributed by atoms with Gasteiger partial charge in [-0.15, -0.1) is 56.7 Å². The Morgan fingerprint density at radius 3 is 1.32 bits per heavy atom. The van der Waals surface area contributed by atoms with Crippen molar-refractivity contribution in [1.29, 1.82) is 0 Å². The van der Waals surface area contributed by atoms with E-state index in [2.05, 4.69) is 82.6 Å². The number of amides is 1. The third-order valence-electron chi connectivity index (χ3n) is 18.7. The number of likely N-dealkylation sites (tertiary alicyclic amines) is 3. The number of ketones is 4. The number of hydrogen-bond donors (Lipinski definition) is 9. The average Bonchev–Trinajstić information content (AvgIpc) is 0.856. The molecule has 0 aliphatic carbocycles. The second-order valence-corrected chi connectivity index (χ2v) is 36.0. The van der Waals surface area contributed by atoms with E-state index >= 15 is 0 Å². The van der Waals surface area contributed by atoms with Crippen LogP contribution in [0.3, 0.4) is 0 Å². The van der Waals surface area contributed by atoms with Crippen LogP contribution in [0, 0.1) is 35.2 Å². The Hall–Kier alpha value is -9.01. The molecular formula is C82H110Cl2F3N15O16S6. The number of anilines is 3. The van der Waals surface area contributed by atoms with Gasteiger partial charge < -0.3 is 62.8 Å². The number of benzene rings is 3. The van der Waals surface area contributed by atoms with E-state index in [1.807, 2.05) is 23.1 Å². The fraction of sp³-hybridized carbons (Fsp3) is 0.476. The maximum atomic E-state index is 13.7. The second-order valence-electron chi connectivity index (χ2n) is 28.6. The summed E-state index contributed by atoms with van der Waals surface area (Å²) in [5.74, 6) is -5.49. The van der Waals surface area contributed by atoms with Crippen molar-refractivity contribution >= 4 is 163 Å². The van der Waals surface area contributed by atoms with Gasteiger partial charge in [-0.2, -0.15) is 8.42 Å². The van der Waals surface area contributed by atoms with Crippen molar-refractivity contribution in [3.05, 3.63) is 182 Å². The number of carbonyl (C=O) groups is 8. The number of hydrogen-bond acceptors (Lipinski definition) is 31. The number of carbonyl (C=O) groups excluding carboxylic acids is 6. The van der Waals surface area contributed by atoms with E-state index in [0.717, 1.165) is 123 Å². The van der Waals surface area contributed by atoms with Gasteiger partial charge in [-0.3, -0.25) is 42.5 Å². The number of nitrogen functional groups attached to an aromatic ring is 3. The van der Waals surface area contributed by atoms with Gasteiger partial charge in [0.2, 0.25) is 0 Å². The molecule has 9 aromatic rings. The molecule has 5 atom stereocenters. The average molecular weight is 1880 g/mol. The number of carboxylic acids is 2. The molecule has 5 unspecified atom stereocenters. The summed E-state index contributed by atoms with van der Waals surface area (Å²) in [6.45, 7) is 14.6. The highest BCUT2D eigenvalue weighted by atomic mass is 35.5. The summed E-state index contributed by atoms with van der Waals surface area (Å²) < 4.78 is 65.7. The number of aromatic nitrogens is 7. The normalized spacial score (nSPS) is 15.0. The molecule has 13 rings (SSSR count). The van der Waals surface area contributed by atoms with Gasteiger partial charge in [0.15, 0.2) is 16.7 Å². The molecule has 4 saturated heterocycles. The van der Waals surface area contributed by atoms with Gasteiger partial charge in [0.25, 0.3) is 21.6 Å². The molecule has 680 valence electrons. The molecule has 4 aliphatic heterocycles. The summed E-state index contributed by atoms with van der Waals surface area (Å²) in [5.41, 5.74) is 15.3. The van der Waals surface area contributed by atoms with Crippen LogP contribution in [0.4, 0.5) is 34.5 Å². The van der Waals surface area contributed by atoms with E-state index in [0.29, 0.717) is 33.9 Å². The zero-order valence-corrected chi connectivity index (χ0v) is 75.0. The summed E-state index contributed by atoms with van der Waals surface area (Å²) in [7, 11) is -3.48. The number of aromatic carboxylic acids is 1. The lowest BCUT2D eigenvalue weighted by Crippen LogP contribution is -2.50. The highest BCUT2D eigenvalue weighted by Gasteiger charge is 2.31. The Balaban J connectivity index is 0.000000312. The molecule has 0 bridgehead atoms. The monoisotopic (exact) mass is 1880 g/mol. The Morgan fingerprint density at radius 1 is 0.540 bits per heavy atom. The van der Waals surface area contributed by atoms with E-state index in [-0.39, 0.29) is 103 Å². The number of nitrogens with one attached hydrogen (secondary N) is 3. The molecule has 42 heteroatoms. The summed E-state index contributed by atoms with van der Waals surface area (Å²) in [6.07, 6.45) is 24.9. The standard InChI is InChI=1S/C20H21FN4O3S.C19H23FN4O2S.C13H20N2OS.C9H13NO4S2.C7H6FNO2.C5H11N.C4H8O3.C3H4N2S.CCl2O.CH4/c21-13-4-5-15-14(10-13)19(27)25(20(28)23-15)16(12-24-7-2-1-3-8-24)17(26)11-18-22-6-9-29-18;20-13-4-5-15(21)14(10-13)19(26)23-16(12-24-7-2-1-3-8-24)17(25)11-18-22-6-9-27-18;1-11(10-15-6-3-2-4-7-15)12(16)9-13-14-5-8-17-13;1-7(6-14-16(2,12)13)8(11)5-9-10-3-4-15-9;8-4-1-2-6(9)5(3-4)7(10)11;1-2-4-6-5-3-1;1-3(2-5)4(6)7;4-3-5-1-2-6-3;2-1(3)4;/h4-6,9-10,16H,1-3,7-8,11-12H2,(H,23,28);4-6,9-10,16H,1-3,7-8,11-12,21H2,(H,23,26);5,8,11H,2-4,6-7,9-10H2,1H3;3-4,7H,5-6H2,1-2H3;1-3H,9H2,(H,10,11);6H,1-5H2;3,5H,2H2,1H3,(H,6,7);1-2H,(H2,4,5);;1H4. The number of thiazole rings is 5. The van der Waals surface area contributed by atoms with Crippen LogP contribution in [0.2, 0.25) is 0 Å². The number of aromatic amines is 1. The number of halogens is 5. The Labute approximate surface area is 748 Å². The number of rotatable bonds is 27. The van der Waals surface area contributed by atoms with Gasteiger partial charge >= 0.3 is 22.3 Å². The van der Waals surface area contributed by atoms with Crippen molar-refractivity contribution in [3.63, 3.8) is 0 Å². The number of aliphatic hydroxyl groups excluding tert-OH is 1. The van der Waals surface area contributed by atoms with Gasteiger partial charge in [-0.1, -0.05) is 47.0 Å². The minimum Gasteiger partial charge on any atom is -0.481 e. The van der Waals surface area contributed by atoms with E-state index in [4.69, 9.17) is 37.3 Å². The molecule has 124 heavy (non-hydrogen) atoms. The van der Waals surface area contributed by atoms with Crippen LogP contribution in [-0.2, 0) is 64.0 Å². The maximum absolute atomic E-state index is 13.7. The van der Waals surface area contributed by atoms with Crippen LogP contribution in [0.15, 0.2) is 122 Å². The highest BCUT2D eigenvalue weighted by Crippen LogP contribution is 2.22. The maximum Gasteiger partial charge on any atom is 0.337 e. The molecule has 3 aromatic carbocycles. The Kier molecular flexibility index (Phi) is 50.5. The Bertz CT molecular complexity index is 4910. The lowest BCUT2D eigenvalue weighted by molar-refractivity contribution is -0.142. The van der Waals surface area contributed by atoms with Crippen molar-refractivity contribution in [2.45, 2.75) is 143 Å². The number of nitrogens with zero attached hydrogens (tertiary/aromatic N) is 9. The molecule has 10 heterocycles. The first kappa shape index (κ1) is 107. The predicted octanol–water partition coefficient (Wildman–Crippen LogP) is 12.1. The minimum absolute atomic E-state index is 0. The zero-order valence-electron chi connectivity index (χ0n) is 68.6. The van der Waals surface area contributed by atoms with Crippen molar-refractivity contribution in [2.24, 2.45) is 17.8 Å². The molecule has 31 nitrogen and oxygen atoms in total. The van der Waals surface area contributed by atoms with Crippen molar-refractivity contribution < 1.29 is 79.4 Å². The molecule has 1 amide bonds. The lowest BCUT2D eigenvalue weighted by Gasteiger charge is -2.30. The zero-order chi connectivity index (χ0) is 90.4. The molecule has 12 N–H and O–H groups in total. The number of piperidine rings is 4. The summed E-state index contributed by atoms with van der Waals surface area (Å²) >= 11 is 16.0. The largest absolute Gasteiger partial charge is 0.481 e. The van der Waals surface area contributed by atoms with Crippen LogP contribution in [-0.4, -0.2) is 216 Å². The van der Waals surface area contributed by atoms with Crippen molar-refractivity contribution in [3.8, 4) is 0 Å². The molecule has 4 aliphatic rings. The van der Waals surface area contributed by atoms with Crippen LogP contribution in [0.5, 0.6) is 0 Å². The van der Waals surface area contributed by atoms with Crippen LogP contribution in [0.25, 0.3) is 10.9 Å². The first-order chi connectivity index (χ1) is 58.6. The minimum atomic E-state index is -3.48. The summed E-state index contributed by atoms with van der Waals surface area (Å²) in [5, 5.41) is 43.5. The predicted molar refractivity (Wildman–Crippen MR) is 482 cm³/mol. The van der Waals surface area contributed by atoms with Gasteiger partial charge in [-0.05, 0) is 188 Å². The number of H-pyrrole nitrogens is 1. The SMILES string of the molecule is C.C1CCNCC1.CC(CN1CCCCC1)C(=O)Cc1nccs1.CC(CO)C(=O)O.CC(COS(C)(=O)=O)C(=O)Cc1nccs1.Nc1ccc(F)cc1C(=O)NC(CN1CCCCC1)C(=O)Cc1nccs1.Nc1ccc(F)cc1C(=O)O.Nc1nccs1.O=C(Cc1nccs1)C(CN1CCCCC1)n1c(=O)[nH]c2ccc(F)cc2c1=O.O=C(Cl)Cl. The topological polar surface area (TPSA) is 472 Å². The molecule has 6 aromatic heterocycles. The number of nitrogens with two attached hydrogens (primary N) is 3. The van der Waals surface area contributed by atoms with Crippen LogP contribution >= 0.6 is 79.9 Å². The van der Waals surface area contributed by atoms with E-state index in [9.17, 15) is 64.7 Å². The summed E-state index contributed by atoms with van der Waals surface area (Å²) in [4.78, 5) is 147. The third-order valence-corrected chi connectivity index (χ3v) is 23.0. The molecule has 0 spiro atoms. The van der Waals surface area contributed by atoms with Crippen LogP contribution < -0.4 is 39.1 Å². The lowest BCUT2D eigenvalue weighted by atomic mass is 10.0. The number of carboxylic acid groups (broad SMARTS) is 2. The van der Waals surface area contributed by atoms with Gasteiger partial charge in [0, 0.05) is 101 Å². The number of aliphatic hydroxyl groups is 1. The van der Waals surface area contributed by atoms with Crippen molar-refractivity contribution in [2.75, 3.05) is 109 Å². The Morgan fingerprint density at radius 2 is 0.944 bits per heavy atom. The molecule has 0 radical (unpaired) electrons. The fourth-order valence-electron chi connectivity index (χ4n) is 12.1. The fourth-order valence-corrected chi connectivity index (χ4v) is 15.4. The van der Waals surface area contributed by atoms with Crippen LogP contribution in [0.1, 0.15) is 152 Å². The van der Waals surface area contributed by atoms with Crippen molar-refractivity contribution in [1.82, 2.24) is 59.8 Å². The highest BCUT2D eigenvalue weighted by molar-refractivity contribution is 7.86. The summed E-state index contributed by atoms with van der Waals surface area (Å²) in [6, 6.07) is 8.84. The number of aliphatic carboxylic acids is 1. The quantitative estimate of drug-likeness (QED) is 0.0131. The van der Waals surface area contributed by atoms with E-state index < -0.39 is 85.3 Å². The molecular weight excluding hydrogens is 1770 g/mol. The smallest absolute Gasteiger partial charge is 0.337 e. The van der Waals surface area contributed by atoms with Gasteiger partial charge in [-0.25, -0.2) is 52.2 Å². The molecule has 4 fully saturated rings. The van der Waals surface area contributed by atoms with Gasteiger partial charge in [0.05, 0.1) is 93.1 Å². The third kappa shape index (κ3) is 42.3. The first-order valence-corrected chi connectivity index (χ1v) is 46.4. The van der Waals surface area contributed by atoms with E-state index in [1.54, 1.807) is 60.0 Å². The van der Waals surface area contributed by atoms with E-state index in [1.165, 1.54) is 141 Å². The second kappa shape index (κ2) is 58.3. The molecule has 0 saturated carbocycles. The number of Topliss-reactive ketones (excluding diaryl/α,β-unsaturated/α-hetero) is 4. The number of fused-ring (bicyclic) bond motifs is 1.